The Bertz CT molecular complexity index is 810. The number of hydrogen-bond acceptors (Lipinski definition) is 5. The van der Waals surface area contributed by atoms with E-state index in [4.69, 9.17) is 11.5 Å². The topological polar surface area (TPSA) is 111 Å². The normalized spacial score (nSPS) is 10.7. The number of nitrogens with two attached hydrogens (primary N) is 2. The Balaban J connectivity index is 2.45. The van der Waals surface area contributed by atoms with E-state index in [0.717, 1.165) is 5.56 Å². The summed E-state index contributed by atoms with van der Waals surface area (Å²) in [5.41, 5.74) is 13.1. The highest BCUT2D eigenvalue weighted by Gasteiger charge is 2.11. The molecule has 0 fully saturated rings. The second-order valence-electron chi connectivity index (χ2n) is 4.10. The zero-order valence-corrected chi connectivity index (χ0v) is 9.92. The van der Waals surface area contributed by atoms with Crippen LogP contribution in [-0.4, -0.2) is 15.0 Å². The van der Waals surface area contributed by atoms with E-state index in [0.29, 0.717) is 16.6 Å². The largest absolute Gasteiger partial charge is 0.383 e. The van der Waals surface area contributed by atoms with E-state index in [9.17, 15) is 4.79 Å². The van der Waals surface area contributed by atoms with Gasteiger partial charge in [0.2, 0.25) is 11.5 Å². The molecule has 0 saturated heterocycles. The molecule has 0 unspecified atom stereocenters. The third-order valence-corrected chi connectivity index (χ3v) is 2.83. The molecule has 2 heterocycles. The van der Waals surface area contributed by atoms with Gasteiger partial charge in [0.05, 0.1) is 5.39 Å². The Morgan fingerprint density at radius 1 is 1.05 bits per heavy atom. The first-order valence-electron chi connectivity index (χ1n) is 5.66. The predicted octanol–water partition coefficient (Wildman–Crippen LogP) is 1.15. The van der Waals surface area contributed by atoms with Crippen molar-refractivity contribution in [1.82, 2.24) is 15.0 Å². The van der Waals surface area contributed by atoms with Crippen LogP contribution in [0.4, 0.5) is 11.8 Å². The number of benzene rings is 1. The second kappa shape index (κ2) is 4.09. The smallest absolute Gasteiger partial charge is 0.250 e. The van der Waals surface area contributed by atoms with Gasteiger partial charge in [0.1, 0.15) is 11.5 Å². The van der Waals surface area contributed by atoms with Crippen molar-refractivity contribution in [3.8, 4) is 11.1 Å². The maximum atomic E-state index is 11.7. The number of hydrogen-bond donors (Lipinski definition) is 3. The lowest BCUT2D eigenvalue weighted by atomic mass is 10.0. The van der Waals surface area contributed by atoms with E-state index in [1.54, 1.807) is 0 Å². The van der Waals surface area contributed by atoms with E-state index in [2.05, 4.69) is 15.0 Å². The minimum atomic E-state index is -0.260. The quantitative estimate of drug-likeness (QED) is 0.602. The summed E-state index contributed by atoms with van der Waals surface area (Å²) in [5.74, 6) is 0.281. The molecule has 0 atom stereocenters. The lowest BCUT2D eigenvalue weighted by molar-refractivity contribution is 1.18. The minimum absolute atomic E-state index is 0.0332. The average Bonchev–Trinajstić information content (AvgIpc) is 2.38. The zero-order valence-electron chi connectivity index (χ0n) is 9.92. The van der Waals surface area contributed by atoms with Gasteiger partial charge in [-0.1, -0.05) is 30.3 Å². The number of H-pyrrole nitrogens is 1. The molecule has 2 aromatic heterocycles. The minimum Gasteiger partial charge on any atom is -0.383 e. The summed E-state index contributed by atoms with van der Waals surface area (Å²) in [6, 6.07) is 10.9. The highest BCUT2D eigenvalue weighted by Crippen LogP contribution is 2.28. The molecule has 5 N–H and O–H groups in total. The van der Waals surface area contributed by atoms with Crippen LogP contribution in [0, 0.1) is 0 Å². The van der Waals surface area contributed by atoms with Crippen molar-refractivity contribution in [2.75, 3.05) is 11.5 Å². The lowest BCUT2D eigenvalue weighted by Gasteiger charge is -2.08. The fraction of sp³-hybridized carbons (Fsp3) is 0. The van der Waals surface area contributed by atoms with Crippen molar-refractivity contribution < 1.29 is 0 Å². The number of anilines is 2. The van der Waals surface area contributed by atoms with E-state index in [1.807, 2.05) is 30.3 Å². The lowest BCUT2D eigenvalue weighted by Crippen LogP contribution is -2.10. The Kier molecular flexibility index (Phi) is 2.42. The highest BCUT2D eigenvalue weighted by molar-refractivity contribution is 5.99. The number of nitrogens with one attached hydrogen (secondary N) is 1. The number of aromatic amines is 1. The molecule has 0 amide bonds. The fourth-order valence-corrected chi connectivity index (χ4v) is 2.05. The first-order chi connectivity index (χ1) is 9.15. The molecule has 94 valence electrons. The Hall–Kier alpha value is -2.89. The van der Waals surface area contributed by atoms with Crippen LogP contribution in [-0.2, 0) is 0 Å². The first kappa shape index (κ1) is 11.2. The molecule has 6 nitrogen and oxygen atoms in total. The molecule has 0 spiro atoms. The van der Waals surface area contributed by atoms with Gasteiger partial charge in [0.15, 0.2) is 0 Å². The van der Waals surface area contributed by atoms with Crippen molar-refractivity contribution in [3.05, 3.63) is 46.8 Å². The van der Waals surface area contributed by atoms with Crippen LogP contribution in [0.2, 0.25) is 0 Å². The Morgan fingerprint density at radius 2 is 1.79 bits per heavy atom. The molecule has 0 aliphatic rings. The fourth-order valence-electron chi connectivity index (χ4n) is 2.05. The van der Waals surface area contributed by atoms with Crippen molar-refractivity contribution in [2.24, 2.45) is 0 Å². The number of fused-ring (bicyclic) bond motifs is 1. The zero-order chi connectivity index (χ0) is 13.4. The molecule has 0 aliphatic heterocycles. The number of rotatable bonds is 1. The Morgan fingerprint density at radius 3 is 2.53 bits per heavy atom. The molecule has 6 heteroatoms. The summed E-state index contributed by atoms with van der Waals surface area (Å²) in [4.78, 5) is 22.3. The molecule has 0 bridgehead atoms. The molecule has 0 radical (unpaired) electrons. The number of aromatic nitrogens is 3. The van der Waals surface area contributed by atoms with Crippen LogP contribution in [0.3, 0.4) is 0 Å². The maximum absolute atomic E-state index is 11.7. The SMILES string of the molecule is Nc1nc(N)c2c(-c3ccccc3)cc(=O)[nH]c2n1. The van der Waals surface area contributed by atoms with Gasteiger partial charge in [-0.25, -0.2) is 0 Å². The van der Waals surface area contributed by atoms with Crippen LogP contribution in [0.1, 0.15) is 0 Å². The summed E-state index contributed by atoms with van der Waals surface area (Å²) >= 11 is 0. The van der Waals surface area contributed by atoms with E-state index < -0.39 is 0 Å². The van der Waals surface area contributed by atoms with E-state index >= 15 is 0 Å². The van der Waals surface area contributed by atoms with Gasteiger partial charge in [0, 0.05) is 11.6 Å². The third-order valence-electron chi connectivity index (χ3n) is 2.83. The van der Waals surface area contributed by atoms with Crippen molar-refractivity contribution in [2.45, 2.75) is 0 Å². The van der Waals surface area contributed by atoms with Crippen molar-refractivity contribution in [1.29, 1.82) is 0 Å². The monoisotopic (exact) mass is 253 g/mol. The molecule has 3 aromatic rings. The van der Waals surface area contributed by atoms with Gasteiger partial charge < -0.3 is 16.5 Å². The van der Waals surface area contributed by atoms with E-state index in [1.165, 1.54) is 6.07 Å². The molecular weight excluding hydrogens is 242 g/mol. The van der Waals surface area contributed by atoms with Gasteiger partial charge in [0.25, 0.3) is 0 Å². The van der Waals surface area contributed by atoms with Crippen molar-refractivity contribution >= 4 is 22.8 Å². The van der Waals surface area contributed by atoms with Gasteiger partial charge in [-0.3, -0.25) is 4.79 Å². The number of nitrogens with zero attached hydrogens (tertiary/aromatic N) is 2. The van der Waals surface area contributed by atoms with Gasteiger partial charge >= 0.3 is 0 Å². The van der Waals surface area contributed by atoms with Gasteiger partial charge in [-0.15, -0.1) is 0 Å². The summed E-state index contributed by atoms with van der Waals surface area (Å²) in [5, 5.41) is 0.597. The summed E-state index contributed by atoms with van der Waals surface area (Å²) in [7, 11) is 0. The Labute approximate surface area is 108 Å². The van der Waals surface area contributed by atoms with Crippen LogP contribution >= 0.6 is 0 Å². The summed E-state index contributed by atoms with van der Waals surface area (Å²) in [6.45, 7) is 0. The molecular formula is C13H11N5O. The molecule has 0 saturated carbocycles. The third kappa shape index (κ3) is 1.89. The summed E-state index contributed by atoms with van der Waals surface area (Å²) in [6.07, 6.45) is 0. The van der Waals surface area contributed by atoms with Crippen LogP contribution < -0.4 is 17.0 Å². The average molecular weight is 253 g/mol. The standard InChI is InChI=1S/C13H11N5O/c14-11-10-8(7-4-2-1-3-5-7)6-9(19)16-12(10)18-13(15)17-11/h1-6H,(H5,14,15,16,17,18,19). The second-order valence-corrected chi connectivity index (χ2v) is 4.10. The van der Waals surface area contributed by atoms with E-state index in [-0.39, 0.29) is 17.3 Å². The first-order valence-corrected chi connectivity index (χ1v) is 5.66. The maximum Gasteiger partial charge on any atom is 0.250 e. The number of pyridine rings is 1. The van der Waals surface area contributed by atoms with Crippen molar-refractivity contribution in [3.63, 3.8) is 0 Å². The van der Waals surface area contributed by atoms with Crippen LogP contribution in [0.5, 0.6) is 0 Å². The molecule has 3 rings (SSSR count). The van der Waals surface area contributed by atoms with Gasteiger partial charge in [-0.2, -0.15) is 9.97 Å². The van der Waals surface area contributed by atoms with Gasteiger partial charge in [-0.05, 0) is 5.56 Å². The molecule has 1 aromatic carbocycles. The predicted molar refractivity (Wildman–Crippen MR) is 74.4 cm³/mol. The highest BCUT2D eigenvalue weighted by atomic mass is 16.1. The molecule has 0 aliphatic carbocycles. The molecule has 19 heavy (non-hydrogen) atoms. The van der Waals surface area contributed by atoms with Crippen LogP contribution in [0.25, 0.3) is 22.2 Å². The van der Waals surface area contributed by atoms with Crippen LogP contribution in [0.15, 0.2) is 41.2 Å². The summed E-state index contributed by atoms with van der Waals surface area (Å²) < 4.78 is 0. The number of nitrogen functional groups attached to an aromatic ring is 2.